The molecule has 0 radical (unpaired) electrons. The van der Waals surface area contributed by atoms with Crippen LogP contribution < -0.4 is 0 Å². The van der Waals surface area contributed by atoms with Crippen LogP contribution in [0.5, 0.6) is 0 Å². The van der Waals surface area contributed by atoms with Crippen molar-refractivity contribution in [3.05, 3.63) is 12.2 Å². The summed E-state index contributed by atoms with van der Waals surface area (Å²) in [7, 11) is -0.852. The van der Waals surface area contributed by atoms with Gasteiger partial charge >= 0.3 is 7.82 Å². The largest absolute Gasteiger partial charge is 0.474 e. The minimum atomic E-state index is -3.45. The fourth-order valence-corrected chi connectivity index (χ4v) is 4.19. The maximum absolute atomic E-state index is 11.9. The number of allylic oxidation sites excluding steroid dienone is 2. The molecular weight excluding hydrogens is 403 g/mol. The highest BCUT2D eigenvalue weighted by Crippen LogP contribution is 2.47. The zero-order chi connectivity index (χ0) is 21.9. The number of ether oxygens (including phenoxy) is 2. The van der Waals surface area contributed by atoms with Gasteiger partial charge in [-0.1, -0.05) is 70.4 Å². The van der Waals surface area contributed by atoms with Gasteiger partial charge in [0.05, 0.1) is 13.2 Å². The highest BCUT2D eigenvalue weighted by molar-refractivity contribution is 7.48. The molecule has 6 nitrogen and oxygen atoms in total. The van der Waals surface area contributed by atoms with Crippen molar-refractivity contribution in [2.24, 2.45) is 0 Å². The van der Waals surface area contributed by atoms with Gasteiger partial charge in [-0.15, -0.1) is 0 Å². The van der Waals surface area contributed by atoms with Gasteiger partial charge in [0.2, 0.25) is 0 Å². The Kier molecular flexibility index (Phi) is 17.0. The maximum Gasteiger partial charge on any atom is 0.474 e. The highest BCUT2D eigenvalue weighted by atomic mass is 31.2. The number of phosphoric ester groups is 1. The Balaban J connectivity index is 1.88. The SMILES string of the molecule is CCCCCCCC/C=C\CCCCCCCC1OCC(COP(=O)(OC)OC)O1. The summed E-state index contributed by atoms with van der Waals surface area (Å²) in [4.78, 5) is 0. The fourth-order valence-electron chi connectivity index (χ4n) is 3.48. The molecule has 0 spiro atoms. The van der Waals surface area contributed by atoms with Gasteiger partial charge in [0.1, 0.15) is 6.10 Å². The van der Waals surface area contributed by atoms with E-state index in [2.05, 4.69) is 19.1 Å². The van der Waals surface area contributed by atoms with E-state index in [1.807, 2.05) is 0 Å². The number of hydrogen-bond acceptors (Lipinski definition) is 6. The average molecular weight is 449 g/mol. The molecule has 0 aromatic carbocycles. The lowest BCUT2D eigenvalue weighted by molar-refractivity contribution is -0.0702. The van der Waals surface area contributed by atoms with E-state index in [4.69, 9.17) is 23.0 Å². The molecule has 1 heterocycles. The Morgan fingerprint density at radius 3 is 2.03 bits per heavy atom. The molecule has 2 unspecified atom stereocenters. The molecule has 7 heteroatoms. The third-order valence-corrected chi connectivity index (χ3v) is 6.74. The minimum absolute atomic E-state index is 0.141. The van der Waals surface area contributed by atoms with Crippen molar-refractivity contribution in [3.8, 4) is 0 Å². The van der Waals surface area contributed by atoms with Crippen LogP contribution in [0.4, 0.5) is 0 Å². The summed E-state index contributed by atoms with van der Waals surface area (Å²) in [6.45, 7) is 2.85. The summed E-state index contributed by atoms with van der Waals surface area (Å²) >= 11 is 0. The zero-order valence-electron chi connectivity index (χ0n) is 19.5. The van der Waals surface area contributed by atoms with E-state index in [9.17, 15) is 4.57 Å². The summed E-state index contributed by atoms with van der Waals surface area (Å²) in [5.41, 5.74) is 0. The minimum Gasteiger partial charge on any atom is -0.350 e. The smallest absolute Gasteiger partial charge is 0.350 e. The molecule has 2 atom stereocenters. The first-order valence-electron chi connectivity index (χ1n) is 11.9. The van der Waals surface area contributed by atoms with Crippen LogP contribution in [-0.2, 0) is 27.6 Å². The van der Waals surface area contributed by atoms with Gasteiger partial charge in [-0.05, 0) is 38.5 Å². The van der Waals surface area contributed by atoms with E-state index in [-0.39, 0.29) is 19.0 Å². The quantitative estimate of drug-likeness (QED) is 0.112. The molecule has 0 aliphatic carbocycles. The van der Waals surface area contributed by atoms with Crippen LogP contribution in [0.3, 0.4) is 0 Å². The molecule has 1 fully saturated rings. The van der Waals surface area contributed by atoms with Crippen LogP contribution in [0.25, 0.3) is 0 Å². The third-order valence-electron chi connectivity index (χ3n) is 5.38. The van der Waals surface area contributed by atoms with E-state index in [0.717, 1.165) is 12.8 Å². The van der Waals surface area contributed by atoms with Crippen molar-refractivity contribution in [1.29, 1.82) is 0 Å². The molecule has 1 aliphatic heterocycles. The molecule has 1 rings (SSSR count). The van der Waals surface area contributed by atoms with Crippen molar-refractivity contribution in [1.82, 2.24) is 0 Å². The Morgan fingerprint density at radius 1 is 0.867 bits per heavy atom. The van der Waals surface area contributed by atoms with Crippen molar-refractivity contribution >= 4 is 7.82 Å². The lowest BCUT2D eigenvalue weighted by Crippen LogP contribution is -2.18. The summed E-state index contributed by atoms with van der Waals surface area (Å²) in [5.74, 6) is 0. The Hall–Kier alpha value is -0.230. The predicted molar refractivity (Wildman–Crippen MR) is 122 cm³/mol. The maximum atomic E-state index is 11.9. The molecule has 178 valence electrons. The van der Waals surface area contributed by atoms with Gasteiger partial charge < -0.3 is 9.47 Å². The summed E-state index contributed by atoms with van der Waals surface area (Å²) in [6, 6.07) is 0. The Morgan fingerprint density at radius 2 is 1.43 bits per heavy atom. The molecule has 0 N–H and O–H groups in total. The van der Waals surface area contributed by atoms with Crippen LogP contribution in [0.2, 0.25) is 0 Å². The van der Waals surface area contributed by atoms with Gasteiger partial charge in [0.15, 0.2) is 6.29 Å². The Bertz CT molecular complexity index is 463. The lowest BCUT2D eigenvalue weighted by Gasteiger charge is -2.16. The first-order chi connectivity index (χ1) is 14.6. The molecule has 1 aliphatic rings. The van der Waals surface area contributed by atoms with E-state index in [1.54, 1.807) is 0 Å². The molecule has 1 saturated heterocycles. The second kappa shape index (κ2) is 18.4. The topological polar surface area (TPSA) is 63.2 Å². The van der Waals surface area contributed by atoms with Gasteiger partial charge in [0, 0.05) is 14.2 Å². The summed E-state index contributed by atoms with van der Waals surface area (Å²) in [6.07, 6.45) is 22.0. The molecule has 0 bridgehead atoms. The fraction of sp³-hybridized carbons (Fsp3) is 0.913. The number of hydrogen-bond donors (Lipinski definition) is 0. The molecule has 0 saturated carbocycles. The van der Waals surface area contributed by atoms with Crippen molar-refractivity contribution < 1.29 is 27.6 Å². The van der Waals surface area contributed by atoms with Gasteiger partial charge in [-0.25, -0.2) is 4.57 Å². The monoisotopic (exact) mass is 448 g/mol. The second-order valence-electron chi connectivity index (χ2n) is 8.00. The number of rotatable bonds is 20. The Labute approximate surface area is 184 Å². The first-order valence-corrected chi connectivity index (χ1v) is 13.4. The third kappa shape index (κ3) is 14.0. The van der Waals surface area contributed by atoms with E-state index in [1.165, 1.54) is 91.3 Å². The second-order valence-corrected chi connectivity index (χ2v) is 9.88. The van der Waals surface area contributed by atoms with Crippen molar-refractivity contribution in [2.45, 2.75) is 109 Å². The molecule has 0 aromatic heterocycles. The van der Waals surface area contributed by atoms with Crippen LogP contribution in [0.15, 0.2) is 12.2 Å². The van der Waals surface area contributed by atoms with Crippen molar-refractivity contribution in [3.63, 3.8) is 0 Å². The van der Waals surface area contributed by atoms with E-state index >= 15 is 0 Å². The lowest BCUT2D eigenvalue weighted by atomic mass is 10.1. The van der Waals surface area contributed by atoms with Crippen LogP contribution in [0.1, 0.15) is 96.8 Å². The van der Waals surface area contributed by atoms with Gasteiger partial charge in [-0.2, -0.15) is 0 Å². The normalized spacial score (nSPS) is 19.8. The number of unbranched alkanes of at least 4 members (excludes halogenated alkanes) is 11. The molecular formula is C23H45O6P. The van der Waals surface area contributed by atoms with Gasteiger partial charge in [-0.3, -0.25) is 13.6 Å². The predicted octanol–water partition coefficient (Wildman–Crippen LogP) is 7.18. The van der Waals surface area contributed by atoms with Crippen LogP contribution >= 0.6 is 7.82 Å². The zero-order valence-corrected chi connectivity index (χ0v) is 20.4. The number of phosphoric acid groups is 1. The van der Waals surface area contributed by atoms with E-state index < -0.39 is 7.82 Å². The van der Waals surface area contributed by atoms with Crippen LogP contribution in [-0.4, -0.2) is 39.8 Å². The van der Waals surface area contributed by atoms with Gasteiger partial charge in [0.25, 0.3) is 0 Å². The molecule has 0 amide bonds. The first kappa shape index (κ1) is 27.8. The summed E-state index contributed by atoms with van der Waals surface area (Å²) < 4.78 is 37.9. The summed E-state index contributed by atoms with van der Waals surface area (Å²) in [5, 5.41) is 0. The standard InChI is InChI=1S/C23H45O6P/c1-4-5-6-7-8-9-10-11-12-13-14-15-16-17-18-19-23-27-20-22(29-23)21-28-30(24,25-2)26-3/h11-12,22-23H,4-10,13-21H2,1-3H3/b12-11-. The van der Waals surface area contributed by atoms with Crippen molar-refractivity contribution in [2.75, 3.05) is 27.4 Å². The van der Waals surface area contributed by atoms with Crippen LogP contribution in [0, 0.1) is 0 Å². The molecule has 0 aromatic rings. The highest BCUT2D eigenvalue weighted by Gasteiger charge is 2.30. The average Bonchev–Trinajstić information content (AvgIpc) is 3.22. The van der Waals surface area contributed by atoms with E-state index in [0.29, 0.717) is 6.61 Å². The molecule has 30 heavy (non-hydrogen) atoms.